The van der Waals surface area contributed by atoms with E-state index < -0.39 is 11.6 Å². The molecule has 0 aliphatic carbocycles. The third-order valence-corrected chi connectivity index (χ3v) is 8.91. The third kappa shape index (κ3) is 6.69. The standard InChI is InChI=1S/C33H42F2N8O2/c1-21(2)43-22(3)38-30-25(34)13-24(14-27(30)43)29-26(35)16-37-31(40-29)39-28-8-7-23(15-36-28)17-41-11-12-45-32(4,18-41)9-10-42-19-33(5,20-42)44-6/h7-8,13-16,21H,9-12,17-20H2,1-6H3,(H,36,37,39,40)/t32-/m1/s1. The van der Waals surface area contributed by atoms with E-state index in [1.807, 2.05) is 43.7 Å². The second-order valence-corrected chi connectivity index (χ2v) is 13.1. The smallest absolute Gasteiger partial charge is 0.229 e. The lowest BCUT2D eigenvalue weighted by Crippen LogP contribution is -2.62. The average Bonchev–Trinajstić information content (AvgIpc) is 3.33. The minimum Gasteiger partial charge on any atom is -0.376 e. The summed E-state index contributed by atoms with van der Waals surface area (Å²) in [5.74, 6) is 0.205. The van der Waals surface area contributed by atoms with Crippen molar-refractivity contribution in [2.24, 2.45) is 0 Å². The molecule has 2 aliphatic rings. The molecule has 1 atom stereocenters. The van der Waals surface area contributed by atoms with E-state index in [9.17, 15) is 4.39 Å². The van der Waals surface area contributed by atoms with Gasteiger partial charge in [-0.1, -0.05) is 6.07 Å². The number of imidazole rings is 1. The van der Waals surface area contributed by atoms with Gasteiger partial charge in [0.1, 0.15) is 22.9 Å². The molecular weight excluding hydrogens is 578 g/mol. The van der Waals surface area contributed by atoms with E-state index in [1.165, 1.54) is 6.07 Å². The molecule has 0 spiro atoms. The number of halogens is 2. The van der Waals surface area contributed by atoms with Gasteiger partial charge in [-0.25, -0.2) is 28.7 Å². The number of nitrogens with zero attached hydrogens (tertiary/aromatic N) is 7. The summed E-state index contributed by atoms with van der Waals surface area (Å²) < 4.78 is 43.7. The Morgan fingerprint density at radius 3 is 2.53 bits per heavy atom. The Bertz CT molecular complexity index is 1670. The summed E-state index contributed by atoms with van der Waals surface area (Å²) in [5.41, 5.74) is 2.00. The van der Waals surface area contributed by atoms with Gasteiger partial charge >= 0.3 is 0 Å². The Balaban J connectivity index is 1.10. The molecule has 1 N–H and O–H groups in total. The number of hydrogen-bond acceptors (Lipinski definition) is 9. The predicted molar refractivity (Wildman–Crippen MR) is 169 cm³/mol. The van der Waals surface area contributed by atoms with Crippen LogP contribution in [0.25, 0.3) is 22.3 Å². The summed E-state index contributed by atoms with van der Waals surface area (Å²) >= 11 is 0. The third-order valence-electron chi connectivity index (χ3n) is 8.91. The molecule has 45 heavy (non-hydrogen) atoms. The maximum absolute atomic E-state index is 15.1. The Morgan fingerprint density at radius 1 is 1.02 bits per heavy atom. The Labute approximate surface area is 262 Å². The topological polar surface area (TPSA) is 93.5 Å². The summed E-state index contributed by atoms with van der Waals surface area (Å²) in [7, 11) is 1.78. The van der Waals surface area contributed by atoms with Crippen molar-refractivity contribution in [1.29, 1.82) is 0 Å². The monoisotopic (exact) mass is 620 g/mol. The second-order valence-electron chi connectivity index (χ2n) is 13.1. The number of anilines is 2. The number of aromatic nitrogens is 5. The zero-order valence-corrected chi connectivity index (χ0v) is 26.9. The van der Waals surface area contributed by atoms with Crippen LogP contribution in [0.4, 0.5) is 20.5 Å². The zero-order valence-electron chi connectivity index (χ0n) is 26.9. The molecule has 1 aromatic carbocycles. The Morgan fingerprint density at radius 2 is 1.82 bits per heavy atom. The molecule has 2 fully saturated rings. The van der Waals surface area contributed by atoms with E-state index in [0.717, 1.165) is 57.4 Å². The van der Waals surface area contributed by atoms with Crippen LogP contribution in [0.1, 0.15) is 51.5 Å². The molecule has 6 rings (SSSR count). The maximum atomic E-state index is 15.1. The van der Waals surface area contributed by atoms with Gasteiger partial charge < -0.3 is 19.4 Å². The van der Waals surface area contributed by atoms with Crippen molar-refractivity contribution in [2.45, 2.75) is 64.8 Å². The van der Waals surface area contributed by atoms with E-state index in [-0.39, 0.29) is 34.4 Å². The minimum atomic E-state index is -0.647. The van der Waals surface area contributed by atoms with Crippen molar-refractivity contribution < 1.29 is 18.3 Å². The van der Waals surface area contributed by atoms with Crippen molar-refractivity contribution in [3.05, 3.63) is 59.7 Å². The number of hydrogen-bond donors (Lipinski definition) is 1. The van der Waals surface area contributed by atoms with E-state index in [0.29, 0.717) is 29.3 Å². The number of benzene rings is 1. The van der Waals surface area contributed by atoms with Crippen LogP contribution in [0.2, 0.25) is 0 Å². The van der Waals surface area contributed by atoms with Crippen LogP contribution in [0.15, 0.2) is 36.7 Å². The van der Waals surface area contributed by atoms with Gasteiger partial charge in [0, 0.05) is 64.2 Å². The molecule has 12 heteroatoms. The Hall–Kier alpha value is -3.58. The quantitative estimate of drug-likeness (QED) is 0.247. The lowest BCUT2D eigenvalue weighted by Gasteiger charge is -2.48. The first-order valence-electron chi connectivity index (χ1n) is 15.5. The van der Waals surface area contributed by atoms with Crippen molar-refractivity contribution in [3.63, 3.8) is 0 Å². The first-order valence-corrected chi connectivity index (χ1v) is 15.5. The summed E-state index contributed by atoms with van der Waals surface area (Å²) in [6.07, 6.45) is 3.87. The van der Waals surface area contributed by atoms with Gasteiger partial charge in [0.05, 0.1) is 29.5 Å². The molecular formula is C33H42F2N8O2. The van der Waals surface area contributed by atoms with Gasteiger partial charge in [-0.15, -0.1) is 0 Å². The zero-order chi connectivity index (χ0) is 31.9. The summed E-state index contributed by atoms with van der Waals surface area (Å²) in [5, 5.41) is 3.06. The Kier molecular flexibility index (Phi) is 8.59. The highest BCUT2D eigenvalue weighted by Gasteiger charge is 2.40. The molecule has 240 valence electrons. The summed E-state index contributed by atoms with van der Waals surface area (Å²) in [6, 6.07) is 6.91. The van der Waals surface area contributed by atoms with Gasteiger partial charge in [-0.05, 0) is 64.8 Å². The number of rotatable bonds is 10. The molecule has 2 saturated heterocycles. The van der Waals surface area contributed by atoms with Crippen molar-refractivity contribution in [2.75, 3.05) is 51.8 Å². The normalized spacial score (nSPS) is 20.6. The van der Waals surface area contributed by atoms with Crippen LogP contribution in [0, 0.1) is 18.6 Å². The average molecular weight is 621 g/mol. The van der Waals surface area contributed by atoms with Crippen molar-refractivity contribution in [3.8, 4) is 11.3 Å². The molecule has 0 bridgehead atoms. The molecule has 0 radical (unpaired) electrons. The van der Waals surface area contributed by atoms with Gasteiger partial charge in [-0.3, -0.25) is 9.80 Å². The van der Waals surface area contributed by atoms with E-state index in [1.54, 1.807) is 13.2 Å². The van der Waals surface area contributed by atoms with Crippen molar-refractivity contribution in [1.82, 2.24) is 34.3 Å². The fraction of sp³-hybridized carbons (Fsp3) is 0.515. The molecule has 3 aromatic heterocycles. The lowest BCUT2D eigenvalue weighted by molar-refractivity contribution is -0.134. The number of methoxy groups -OCH3 is 1. The fourth-order valence-corrected chi connectivity index (χ4v) is 6.54. The predicted octanol–water partition coefficient (Wildman–Crippen LogP) is 5.50. The van der Waals surface area contributed by atoms with Gasteiger partial charge in [0.25, 0.3) is 0 Å². The molecule has 5 heterocycles. The molecule has 0 unspecified atom stereocenters. The highest BCUT2D eigenvalue weighted by molar-refractivity contribution is 5.83. The first-order chi connectivity index (χ1) is 21.4. The van der Waals surface area contributed by atoms with Gasteiger partial charge in [0.2, 0.25) is 5.95 Å². The van der Waals surface area contributed by atoms with Crippen LogP contribution in [0.3, 0.4) is 0 Å². The number of pyridine rings is 1. The highest BCUT2D eigenvalue weighted by Crippen LogP contribution is 2.31. The van der Waals surface area contributed by atoms with Crippen LogP contribution in [0.5, 0.6) is 0 Å². The SMILES string of the molecule is COC1(C)CN(CC[C@]2(C)CN(Cc3ccc(Nc4ncc(F)c(-c5cc(F)c6nc(C)n(C(C)C)c6c5)n4)nc3)CCO2)C1. The van der Waals surface area contributed by atoms with Crippen LogP contribution < -0.4 is 5.32 Å². The first kappa shape index (κ1) is 31.4. The van der Waals surface area contributed by atoms with Crippen molar-refractivity contribution >= 4 is 22.8 Å². The summed E-state index contributed by atoms with van der Waals surface area (Å²) in [4.78, 5) is 22.2. The van der Waals surface area contributed by atoms with Crippen LogP contribution >= 0.6 is 0 Å². The molecule has 10 nitrogen and oxygen atoms in total. The lowest BCUT2D eigenvalue weighted by atomic mass is 9.93. The van der Waals surface area contributed by atoms with E-state index in [2.05, 4.69) is 48.9 Å². The van der Waals surface area contributed by atoms with Crippen LogP contribution in [-0.2, 0) is 16.0 Å². The van der Waals surface area contributed by atoms with Crippen LogP contribution in [-0.4, -0.2) is 91.9 Å². The minimum absolute atomic E-state index is 0.00345. The number of ether oxygens (including phenoxy) is 2. The number of aryl methyl sites for hydroxylation is 1. The fourth-order valence-electron chi connectivity index (χ4n) is 6.54. The largest absolute Gasteiger partial charge is 0.376 e. The summed E-state index contributed by atoms with van der Waals surface area (Å²) in [6.45, 7) is 16.2. The number of nitrogens with one attached hydrogen (secondary N) is 1. The molecule has 4 aromatic rings. The van der Waals surface area contributed by atoms with E-state index in [4.69, 9.17) is 9.47 Å². The number of fused-ring (bicyclic) bond motifs is 1. The molecule has 2 aliphatic heterocycles. The van der Waals surface area contributed by atoms with Gasteiger partial charge in [-0.2, -0.15) is 0 Å². The second kappa shape index (κ2) is 12.3. The van der Waals surface area contributed by atoms with E-state index >= 15 is 4.39 Å². The highest BCUT2D eigenvalue weighted by atomic mass is 19.1. The number of likely N-dealkylation sites (tertiary alicyclic amines) is 1. The number of morpholine rings is 1. The molecule has 0 amide bonds. The molecule has 0 saturated carbocycles. The van der Waals surface area contributed by atoms with Gasteiger partial charge in [0.15, 0.2) is 11.6 Å². The maximum Gasteiger partial charge on any atom is 0.229 e.